The quantitative estimate of drug-likeness (QED) is 0.622. The fourth-order valence-electron chi connectivity index (χ4n) is 4.73. The largest absolute Gasteiger partial charge is 0.378 e. The average molecular weight is 438 g/mol. The molecular weight excluding hydrogens is 402 g/mol. The molecule has 10 nitrogen and oxygen atoms in total. The Kier molecular flexibility index (Phi) is 8.11. The Labute approximate surface area is 183 Å². The van der Waals surface area contributed by atoms with Crippen LogP contribution in [0.2, 0.25) is 0 Å². The number of morpholine rings is 1. The summed E-state index contributed by atoms with van der Waals surface area (Å²) in [5.74, 6) is -0.793. The lowest BCUT2D eigenvalue weighted by Gasteiger charge is -2.43. The van der Waals surface area contributed by atoms with Crippen LogP contribution in [0.4, 0.5) is 4.79 Å². The highest BCUT2D eigenvalue weighted by Gasteiger charge is 2.39. The zero-order valence-corrected chi connectivity index (χ0v) is 18.4. The van der Waals surface area contributed by atoms with Crippen molar-refractivity contribution < 1.29 is 23.9 Å². The van der Waals surface area contributed by atoms with E-state index in [9.17, 15) is 19.2 Å². The number of rotatable bonds is 5. The molecule has 10 heteroatoms. The topological polar surface area (TPSA) is 125 Å². The SMILES string of the molecule is CC(=O)N1CCN(C(=O)N2CCOCC2)[C@H](C(=O)N[C@@H](CC2CCCCC2)C(N)=O)C1. The summed E-state index contributed by atoms with van der Waals surface area (Å²) in [5.41, 5.74) is 5.60. The molecule has 1 aliphatic carbocycles. The number of nitrogens with one attached hydrogen (secondary N) is 1. The van der Waals surface area contributed by atoms with Crippen LogP contribution in [0.5, 0.6) is 0 Å². The summed E-state index contributed by atoms with van der Waals surface area (Å²) in [6, 6.07) is -1.88. The van der Waals surface area contributed by atoms with E-state index in [4.69, 9.17) is 10.5 Å². The summed E-state index contributed by atoms with van der Waals surface area (Å²) >= 11 is 0. The van der Waals surface area contributed by atoms with Gasteiger partial charge in [-0.15, -0.1) is 0 Å². The molecule has 0 radical (unpaired) electrons. The lowest BCUT2D eigenvalue weighted by atomic mass is 9.84. The minimum Gasteiger partial charge on any atom is -0.378 e. The molecule has 2 atom stereocenters. The van der Waals surface area contributed by atoms with Crippen molar-refractivity contribution in [3.63, 3.8) is 0 Å². The van der Waals surface area contributed by atoms with Crippen LogP contribution in [0.15, 0.2) is 0 Å². The summed E-state index contributed by atoms with van der Waals surface area (Å²) in [7, 11) is 0. The van der Waals surface area contributed by atoms with Crippen LogP contribution in [0, 0.1) is 5.92 Å². The summed E-state index contributed by atoms with van der Waals surface area (Å²) < 4.78 is 5.32. The molecule has 3 aliphatic rings. The lowest BCUT2D eigenvalue weighted by Crippen LogP contribution is -2.65. The molecule has 3 rings (SSSR count). The number of hydrogen-bond acceptors (Lipinski definition) is 5. The van der Waals surface area contributed by atoms with E-state index in [1.54, 1.807) is 9.80 Å². The van der Waals surface area contributed by atoms with Crippen molar-refractivity contribution in [1.82, 2.24) is 20.0 Å². The molecule has 2 saturated heterocycles. The number of amides is 5. The van der Waals surface area contributed by atoms with Crippen LogP contribution in [0.3, 0.4) is 0 Å². The number of primary amides is 1. The Balaban J connectivity index is 1.70. The third-order valence-electron chi connectivity index (χ3n) is 6.61. The molecule has 2 aliphatic heterocycles. The van der Waals surface area contributed by atoms with Crippen molar-refractivity contribution in [2.45, 2.75) is 57.5 Å². The molecule has 31 heavy (non-hydrogen) atoms. The second-order valence-electron chi connectivity index (χ2n) is 8.76. The van der Waals surface area contributed by atoms with Gasteiger partial charge in [0.15, 0.2) is 0 Å². The van der Waals surface area contributed by atoms with Crippen LogP contribution in [-0.4, -0.2) is 96.5 Å². The van der Waals surface area contributed by atoms with Crippen LogP contribution < -0.4 is 11.1 Å². The number of piperazine rings is 1. The van der Waals surface area contributed by atoms with Gasteiger partial charge < -0.3 is 30.5 Å². The second kappa shape index (κ2) is 10.8. The summed E-state index contributed by atoms with van der Waals surface area (Å²) in [6.07, 6.45) is 6.03. The molecule has 0 spiro atoms. The molecule has 3 N–H and O–H groups in total. The third-order valence-corrected chi connectivity index (χ3v) is 6.61. The van der Waals surface area contributed by atoms with E-state index in [1.807, 2.05) is 0 Å². The maximum absolute atomic E-state index is 13.2. The van der Waals surface area contributed by atoms with Crippen molar-refractivity contribution in [1.29, 1.82) is 0 Å². The molecule has 174 valence electrons. The van der Waals surface area contributed by atoms with Crippen molar-refractivity contribution in [2.75, 3.05) is 45.9 Å². The molecule has 3 fully saturated rings. The van der Waals surface area contributed by atoms with Gasteiger partial charge in [-0.05, 0) is 12.3 Å². The summed E-state index contributed by atoms with van der Waals surface area (Å²) in [6.45, 7) is 4.03. The Morgan fingerprint density at radius 1 is 1.00 bits per heavy atom. The van der Waals surface area contributed by atoms with Gasteiger partial charge in [0.05, 0.1) is 19.8 Å². The van der Waals surface area contributed by atoms with Gasteiger partial charge in [-0.25, -0.2) is 4.79 Å². The normalized spacial score (nSPS) is 23.9. The highest BCUT2D eigenvalue weighted by atomic mass is 16.5. The van der Waals surface area contributed by atoms with E-state index < -0.39 is 23.9 Å². The molecule has 0 aromatic heterocycles. The minimum absolute atomic E-state index is 0.103. The van der Waals surface area contributed by atoms with E-state index in [0.29, 0.717) is 45.2 Å². The van der Waals surface area contributed by atoms with Crippen LogP contribution >= 0.6 is 0 Å². The average Bonchev–Trinajstić information content (AvgIpc) is 2.78. The van der Waals surface area contributed by atoms with Gasteiger partial charge in [-0.2, -0.15) is 0 Å². The number of nitrogens with zero attached hydrogens (tertiary/aromatic N) is 3. The summed E-state index contributed by atoms with van der Waals surface area (Å²) in [5, 5.41) is 2.79. The van der Waals surface area contributed by atoms with Crippen LogP contribution in [-0.2, 0) is 19.1 Å². The number of urea groups is 1. The van der Waals surface area contributed by atoms with Gasteiger partial charge in [-0.1, -0.05) is 32.1 Å². The van der Waals surface area contributed by atoms with Crippen LogP contribution in [0.25, 0.3) is 0 Å². The molecule has 0 aromatic carbocycles. The van der Waals surface area contributed by atoms with Gasteiger partial charge in [0, 0.05) is 33.1 Å². The standard InChI is InChI=1S/C21H35N5O5/c1-15(27)25-7-8-26(21(30)24-9-11-31-12-10-24)18(14-25)20(29)23-17(19(22)28)13-16-5-3-2-4-6-16/h16-18H,2-14H2,1H3,(H2,22,28)(H,23,29)/t17-,18-/m0/s1. The zero-order chi connectivity index (χ0) is 22.4. The van der Waals surface area contributed by atoms with Crippen molar-refractivity contribution >= 4 is 23.8 Å². The van der Waals surface area contributed by atoms with E-state index in [1.165, 1.54) is 18.2 Å². The van der Waals surface area contributed by atoms with Gasteiger partial charge in [0.2, 0.25) is 17.7 Å². The van der Waals surface area contributed by atoms with Crippen molar-refractivity contribution in [2.24, 2.45) is 11.7 Å². The Bertz CT molecular complexity index is 675. The number of carbonyl (C=O) groups excluding carboxylic acids is 4. The smallest absolute Gasteiger partial charge is 0.320 e. The second-order valence-corrected chi connectivity index (χ2v) is 8.76. The molecule has 0 unspecified atom stereocenters. The zero-order valence-electron chi connectivity index (χ0n) is 18.4. The number of hydrogen-bond donors (Lipinski definition) is 2. The Hall–Kier alpha value is -2.36. The van der Waals surface area contributed by atoms with E-state index in [-0.39, 0.29) is 25.0 Å². The maximum Gasteiger partial charge on any atom is 0.320 e. The molecule has 1 saturated carbocycles. The summed E-state index contributed by atoms with van der Waals surface area (Å²) in [4.78, 5) is 55.1. The Morgan fingerprint density at radius 2 is 1.68 bits per heavy atom. The Morgan fingerprint density at radius 3 is 2.29 bits per heavy atom. The van der Waals surface area contributed by atoms with Gasteiger partial charge in [-0.3, -0.25) is 14.4 Å². The predicted molar refractivity (Wildman–Crippen MR) is 113 cm³/mol. The first kappa shape index (κ1) is 23.3. The fourth-order valence-corrected chi connectivity index (χ4v) is 4.73. The van der Waals surface area contributed by atoms with Gasteiger partial charge in [0.25, 0.3) is 0 Å². The number of ether oxygens (including phenoxy) is 1. The van der Waals surface area contributed by atoms with Gasteiger partial charge >= 0.3 is 6.03 Å². The first-order valence-electron chi connectivity index (χ1n) is 11.3. The molecule has 0 bridgehead atoms. The van der Waals surface area contributed by atoms with E-state index in [2.05, 4.69) is 5.32 Å². The minimum atomic E-state index is -0.860. The number of nitrogens with two attached hydrogens (primary N) is 1. The molecule has 5 amide bonds. The van der Waals surface area contributed by atoms with Crippen molar-refractivity contribution in [3.05, 3.63) is 0 Å². The first-order chi connectivity index (χ1) is 14.9. The maximum atomic E-state index is 13.2. The van der Waals surface area contributed by atoms with Crippen LogP contribution in [0.1, 0.15) is 45.4 Å². The van der Waals surface area contributed by atoms with E-state index >= 15 is 0 Å². The number of carbonyl (C=O) groups is 4. The monoisotopic (exact) mass is 437 g/mol. The molecular formula is C21H35N5O5. The highest BCUT2D eigenvalue weighted by Crippen LogP contribution is 2.27. The molecule has 0 aromatic rings. The van der Waals surface area contributed by atoms with Gasteiger partial charge in [0.1, 0.15) is 12.1 Å². The predicted octanol–water partition coefficient (Wildman–Crippen LogP) is -0.0882. The van der Waals surface area contributed by atoms with Crippen molar-refractivity contribution in [3.8, 4) is 0 Å². The lowest BCUT2D eigenvalue weighted by molar-refractivity contribution is -0.137. The fraction of sp³-hybridized carbons (Fsp3) is 0.810. The highest BCUT2D eigenvalue weighted by molar-refractivity contribution is 5.92. The molecule has 2 heterocycles. The third kappa shape index (κ3) is 6.09. The first-order valence-corrected chi connectivity index (χ1v) is 11.3. The van der Waals surface area contributed by atoms with E-state index in [0.717, 1.165) is 25.7 Å².